The van der Waals surface area contributed by atoms with Crippen molar-refractivity contribution >= 4 is 16.9 Å². The Balaban J connectivity index is 1.79. The zero-order chi connectivity index (χ0) is 23.9. The Morgan fingerprint density at radius 2 is 1.70 bits per heavy atom. The van der Waals surface area contributed by atoms with Crippen LogP contribution in [0.15, 0.2) is 24.3 Å². The lowest BCUT2D eigenvalue weighted by Crippen LogP contribution is -2.36. The van der Waals surface area contributed by atoms with E-state index in [-0.39, 0.29) is 31.1 Å². The topological polar surface area (TPSA) is 38.1 Å². The number of rotatable bonds is 6. The van der Waals surface area contributed by atoms with Crippen LogP contribution in [0.2, 0.25) is 0 Å². The van der Waals surface area contributed by atoms with Crippen molar-refractivity contribution in [2.75, 3.05) is 6.54 Å². The van der Waals surface area contributed by atoms with E-state index in [1.54, 1.807) is 19.9 Å². The molecule has 0 spiro atoms. The van der Waals surface area contributed by atoms with Gasteiger partial charge in [-0.1, -0.05) is 26.7 Å². The first kappa shape index (κ1) is 23.2. The molecule has 1 heterocycles. The first-order valence-electron chi connectivity index (χ1n) is 11.0. The van der Waals surface area contributed by atoms with Crippen molar-refractivity contribution in [3.05, 3.63) is 64.7 Å². The fourth-order valence-electron chi connectivity index (χ4n) is 4.55. The summed E-state index contributed by atoms with van der Waals surface area (Å²) < 4.78 is 72.1. The summed E-state index contributed by atoms with van der Waals surface area (Å²) in [6, 6.07) is 4.40. The van der Waals surface area contributed by atoms with Crippen LogP contribution in [0.1, 0.15) is 61.8 Å². The van der Waals surface area contributed by atoms with E-state index in [9.17, 15) is 26.7 Å². The Kier molecular flexibility index (Phi) is 6.41. The summed E-state index contributed by atoms with van der Waals surface area (Å²) in [5.41, 5.74) is -0.171. The number of fused-ring (bicyclic) bond motifs is 1. The molecule has 1 aliphatic rings. The summed E-state index contributed by atoms with van der Waals surface area (Å²) in [5, 5.41) is 0. The fraction of sp³-hybridized carbons (Fsp3) is 0.417. The normalized spacial score (nSPS) is 14.5. The van der Waals surface area contributed by atoms with E-state index in [1.807, 2.05) is 4.57 Å². The Morgan fingerprint density at radius 1 is 1.06 bits per heavy atom. The lowest BCUT2D eigenvalue weighted by atomic mass is 10.1. The molecule has 0 aliphatic heterocycles. The summed E-state index contributed by atoms with van der Waals surface area (Å²) >= 11 is 0. The number of imidazole rings is 1. The van der Waals surface area contributed by atoms with Gasteiger partial charge in [-0.3, -0.25) is 4.79 Å². The maximum atomic E-state index is 14.4. The van der Waals surface area contributed by atoms with Crippen LogP contribution in [0, 0.1) is 35.0 Å². The van der Waals surface area contributed by atoms with Gasteiger partial charge in [-0.2, -0.15) is 0 Å². The molecule has 176 valence electrons. The van der Waals surface area contributed by atoms with Crippen molar-refractivity contribution in [3.63, 3.8) is 0 Å². The SMILES string of the molecule is CC(C)CN(Cc1nc2cc(F)ccc2n1C1CCCC1)C(=O)c1c(F)c(F)cc(F)c1F. The minimum atomic E-state index is -1.74. The molecule has 0 unspecified atom stereocenters. The Hall–Kier alpha value is -2.97. The third-order valence-electron chi connectivity index (χ3n) is 5.95. The molecule has 0 atom stereocenters. The lowest BCUT2D eigenvalue weighted by Gasteiger charge is -2.26. The van der Waals surface area contributed by atoms with Crippen molar-refractivity contribution in [2.45, 2.75) is 52.1 Å². The van der Waals surface area contributed by atoms with Gasteiger partial charge in [0.25, 0.3) is 5.91 Å². The van der Waals surface area contributed by atoms with Gasteiger partial charge in [-0.05, 0) is 30.9 Å². The molecule has 1 saturated carbocycles. The Bertz CT molecular complexity index is 1170. The number of benzene rings is 2. The molecule has 1 aromatic heterocycles. The average molecular weight is 465 g/mol. The van der Waals surface area contributed by atoms with Gasteiger partial charge in [0.15, 0.2) is 23.3 Å². The summed E-state index contributed by atoms with van der Waals surface area (Å²) in [6.45, 7) is 3.52. The molecule has 4 rings (SSSR count). The smallest absolute Gasteiger partial charge is 0.260 e. The summed E-state index contributed by atoms with van der Waals surface area (Å²) in [7, 11) is 0. The number of halogens is 5. The van der Waals surface area contributed by atoms with Gasteiger partial charge in [-0.15, -0.1) is 0 Å². The van der Waals surface area contributed by atoms with Gasteiger partial charge in [-0.25, -0.2) is 26.9 Å². The van der Waals surface area contributed by atoms with E-state index in [0.29, 0.717) is 16.9 Å². The minimum Gasteiger partial charge on any atom is -0.331 e. The Labute approximate surface area is 188 Å². The van der Waals surface area contributed by atoms with E-state index in [4.69, 9.17) is 0 Å². The first-order chi connectivity index (χ1) is 15.7. The number of hydrogen-bond acceptors (Lipinski definition) is 2. The number of carbonyl (C=O) groups excluding carboxylic acids is 1. The van der Waals surface area contributed by atoms with Gasteiger partial charge >= 0.3 is 0 Å². The number of amides is 1. The predicted octanol–water partition coefficient (Wildman–Crippen LogP) is 6.15. The predicted molar refractivity (Wildman–Crippen MR) is 113 cm³/mol. The highest BCUT2D eigenvalue weighted by Crippen LogP contribution is 2.34. The summed E-state index contributed by atoms with van der Waals surface area (Å²) in [6.07, 6.45) is 3.79. The fourth-order valence-corrected chi connectivity index (χ4v) is 4.55. The molecule has 1 fully saturated rings. The van der Waals surface area contributed by atoms with Crippen LogP contribution in [-0.2, 0) is 6.54 Å². The van der Waals surface area contributed by atoms with Gasteiger partial charge < -0.3 is 9.47 Å². The van der Waals surface area contributed by atoms with Crippen LogP contribution in [0.3, 0.4) is 0 Å². The van der Waals surface area contributed by atoms with Crippen LogP contribution in [-0.4, -0.2) is 26.9 Å². The molecule has 33 heavy (non-hydrogen) atoms. The van der Waals surface area contributed by atoms with Gasteiger partial charge in [0, 0.05) is 24.7 Å². The number of aromatic nitrogens is 2. The van der Waals surface area contributed by atoms with Gasteiger partial charge in [0.1, 0.15) is 17.2 Å². The molecule has 2 aromatic carbocycles. The number of carbonyl (C=O) groups is 1. The molecular formula is C24H24F5N3O. The molecule has 3 aromatic rings. The van der Waals surface area contributed by atoms with E-state index < -0.39 is 40.6 Å². The maximum absolute atomic E-state index is 14.4. The highest BCUT2D eigenvalue weighted by molar-refractivity contribution is 5.95. The third-order valence-corrected chi connectivity index (χ3v) is 5.95. The van der Waals surface area contributed by atoms with E-state index >= 15 is 0 Å². The summed E-state index contributed by atoms with van der Waals surface area (Å²) in [5.74, 6) is -8.08. The molecule has 0 radical (unpaired) electrons. The number of nitrogens with zero attached hydrogens (tertiary/aromatic N) is 3. The largest absolute Gasteiger partial charge is 0.331 e. The van der Waals surface area contributed by atoms with E-state index in [0.717, 1.165) is 30.6 Å². The molecule has 1 amide bonds. The zero-order valence-electron chi connectivity index (χ0n) is 18.3. The average Bonchev–Trinajstić information content (AvgIpc) is 3.38. The zero-order valence-corrected chi connectivity index (χ0v) is 18.3. The van der Waals surface area contributed by atoms with Crippen molar-refractivity contribution in [2.24, 2.45) is 5.92 Å². The highest BCUT2D eigenvalue weighted by Gasteiger charge is 2.31. The van der Waals surface area contributed by atoms with Crippen molar-refractivity contribution < 1.29 is 26.7 Å². The third kappa shape index (κ3) is 4.45. The standard InChI is InChI=1S/C24H24F5N3O/c1-13(2)11-31(24(33)21-22(28)16(26)10-17(27)23(21)29)12-20-30-18-9-14(25)7-8-19(18)32(20)15-5-3-4-6-15/h7-10,13,15H,3-6,11-12H2,1-2H3. The molecule has 9 heteroatoms. The van der Waals surface area contributed by atoms with Gasteiger partial charge in [0.2, 0.25) is 0 Å². The maximum Gasteiger partial charge on any atom is 0.260 e. The second kappa shape index (κ2) is 9.11. The van der Waals surface area contributed by atoms with Crippen molar-refractivity contribution in [1.29, 1.82) is 0 Å². The Morgan fingerprint density at radius 3 is 2.30 bits per heavy atom. The van der Waals surface area contributed by atoms with Crippen LogP contribution in [0.4, 0.5) is 22.0 Å². The molecule has 0 saturated heterocycles. The van der Waals surface area contributed by atoms with Gasteiger partial charge in [0.05, 0.1) is 17.6 Å². The highest BCUT2D eigenvalue weighted by atomic mass is 19.2. The van der Waals surface area contributed by atoms with Crippen LogP contribution in [0.25, 0.3) is 11.0 Å². The summed E-state index contributed by atoms with van der Waals surface area (Å²) in [4.78, 5) is 18.8. The molecule has 0 bridgehead atoms. The second-order valence-electron chi connectivity index (χ2n) is 8.89. The lowest BCUT2D eigenvalue weighted by molar-refractivity contribution is 0.0702. The molecule has 1 aliphatic carbocycles. The second-order valence-corrected chi connectivity index (χ2v) is 8.89. The van der Waals surface area contributed by atoms with Crippen molar-refractivity contribution in [3.8, 4) is 0 Å². The van der Waals surface area contributed by atoms with E-state index in [1.165, 1.54) is 12.1 Å². The first-order valence-corrected chi connectivity index (χ1v) is 11.0. The van der Waals surface area contributed by atoms with Crippen LogP contribution >= 0.6 is 0 Å². The van der Waals surface area contributed by atoms with E-state index in [2.05, 4.69) is 4.98 Å². The monoisotopic (exact) mass is 465 g/mol. The quantitative estimate of drug-likeness (QED) is 0.324. The number of hydrogen-bond donors (Lipinski definition) is 0. The molecular weight excluding hydrogens is 441 g/mol. The molecule has 4 nitrogen and oxygen atoms in total. The minimum absolute atomic E-state index is 0.0675. The van der Waals surface area contributed by atoms with Crippen LogP contribution < -0.4 is 0 Å². The van der Waals surface area contributed by atoms with Crippen LogP contribution in [0.5, 0.6) is 0 Å². The van der Waals surface area contributed by atoms with Crippen molar-refractivity contribution in [1.82, 2.24) is 14.5 Å². The molecule has 0 N–H and O–H groups in total.